The first-order valence-electron chi connectivity index (χ1n) is 7.47. The average molecular weight is 287 g/mol. The monoisotopic (exact) mass is 287 g/mol. The van der Waals surface area contributed by atoms with E-state index in [-0.39, 0.29) is 6.04 Å². The van der Waals surface area contributed by atoms with Gasteiger partial charge in [-0.1, -0.05) is 18.2 Å². The molecule has 0 aliphatic heterocycles. The first-order valence-corrected chi connectivity index (χ1v) is 7.47. The second kappa shape index (κ2) is 6.76. The van der Waals surface area contributed by atoms with Crippen molar-refractivity contribution in [2.45, 2.75) is 46.8 Å². The van der Waals surface area contributed by atoms with Gasteiger partial charge in [0, 0.05) is 36.0 Å². The predicted octanol–water partition coefficient (Wildman–Crippen LogP) is 3.38. The Hall–Kier alpha value is -1.81. The van der Waals surface area contributed by atoms with E-state index < -0.39 is 0 Å². The number of benzene rings is 1. The van der Waals surface area contributed by atoms with Gasteiger partial charge in [0.25, 0.3) is 0 Å². The van der Waals surface area contributed by atoms with Crippen molar-refractivity contribution in [3.63, 3.8) is 0 Å². The van der Waals surface area contributed by atoms with Crippen LogP contribution in [0, 0.1) is 13.8 Å². The molecule has 114 valence electrons. The molecule has 21 heavy (non-hydrogen) atoms. The molecule has 4 nitrogen and oxygen atoms in total. The summed E-state index contributed by atoms with van der Waals surface area (Å²) in [6, 6.07) is 8.37. The minimum Gasteiger partial charge on any atom is -0.496 e. The summed E-state index contributed by atoms with van der Waals surface area (Å²) < 4.78 is 7.46. The number of methoxy groups -OCH3 is 1. The van der Waals surface area contributed by atoms with Gasteiger partial charge >= 0.3 is 0 Å². The van der Waals surface area contributed by atoms with Crippen LogP contribution in [-0.4, -0.2) is 16.9 Å². The Labute approximate surface area is 127 Å². The van der Waals surface area contributed by atoms with Crippen molar-refractivity contribution in [3.05, 3.63) is 46.8 Å². The number of aryl methyl sites for hydroxylation is 2. The fraction of sp³-hybridized carbons (Fsp3) is 0.471. The quantitative estimate of drug-likeness (QED) is 0.885. The summed E-state index contributed by atoms with van der Waals surface area (Å²) in [5.74, 6) is 0.926. The van der Waals surface area contributed by atoms with Crippen LogP contribution < -0.4 is 10.1 Å². The summed E-state index contributed by atoms with van der Waals surface area (Å²) in [6.45, 7) is 10.2. The molecule has 0 spiro atoms. The Morgan fingerprint density at radius 2 is 2.00 bits per heavy atom. The highest BCUT2D eigenvalue weighted by Crippen LogP contribution is 2.23. The zero-order chi connectivity index (χ0) is 15.4. The minimum absolute atomic E-state index is 0.259. The number of nitrogens with one attached hydrogen (secondary N) is 1. The van der Waals surface area contributed by atoms with Crippen LogP contribution in [0.15, 0.2) is 24.3 Å². The predicted molar refractivity (Wildman–Crippen MR) is 85.6 cm³/mol. The van der Waals surface area contributed by atoms with Crippen LogP contribution >= 0.6 is 0 Å². The molecule has 0 saturated carbocycles. The molecule has 0 saturated heterocycles. The number of hydrogen-bond donors (Lipinski definition) is 1. The van der Waals surface area contributed by atoms with Crippen LogP contribution in [0.2, 0.25) is 0 Å². The first kappa shape index (κ1) is 15.6. The molecule has 0 aliphatic rings. The Morgan fingerprint density at radius 1 is 1.29 bits per heavy atom. The van der Waals surface area contributed by atoms with Crippen LogP contribution in [0.5, 0.6) is 5.75 Å². The molecule has 2 rings (SSSR count). The lowest BCUT2D eigenvalue weighted by molar-refractivity contribution is 0.406. The Bertz CT molecular complexity index is 604. The van der Waals surface area contributed by atoms with Gasteiger partial charge in [-0.2, -0.15) is 5.10 Å². The third-order valence-corrected chi connectivity index (χ3v) is 3.96. The van der Waals surface area contributed by atoms with E-state index in [0.717, 1.165) is 24.5 Å². The molecule has 1 unspecified atom stereocenters. The molecule has 1 aromatic carbocycles. The van der Waals surface area contributed by atoms with Crippen LogP contribution in [0.25, 0.3) is 0 Å². The third-order valence-electron chi connectivity index (χ3n) is 3.96. The van der Waals surface area contributed by atoms with E-state index in [1.807, 2.05) is 18.2 Å². The van der Waals surface area contributed by atoms with Crippen LogP contribution in [0.4, 0.5) is 0 Å². The van der Waals surface area contributed by atoms with Crippen molar-refractivity contribution in [2.75, 3.05) is 7.11 Å². The number of hydrogen-bond acceptors (Lipinski definition) is 3. The fourth-order valence-electron chi connectivity index (χ4n) is 2.86. The topological polar surface area (TPSA) is 39.1 Å². The van der Waals surface area contributed by atoms with E-state index in [0.29, 0.717) is 0 Å². The summed E-state index contributed by atoms with van der Waals surface area (Å²) in [5, 5.41) is 8.17. The third kappa shape index (κ3) is 3.27. The van der Waals surface area contributed by atoms with Crippen LogP contribution in [0.3, 0.4) is 0 Å². The lowest BCUT2D eigenvalue weighted by Crippen LogP contribution is -2.19. The largest absolute Gasteiger partial charge is 0.496 e. The molecule has 0 radical (unpaired) electrons. The van der Waals surface area contributed by atoms with Gasteiger partial charge in [0.2, 0.25) is 0 Å². The van der Waals surface area contributed by atoms with Crippen LogP contribution in [-0.2, 0) is 13.1 Å². The summed E-state index contributed by atoms with van der Waals surface area (Å²) in [5.41, 5.74) is 4.82. The number of rotatable bonds is 6. The molecule has 1 heterocycles. The number of nitrogens with zero attached hydrogens (tertiary/aromatic N) is 2. The normalized spacial score (nSPS) is 12.4. The van der Waals surface area contributed by atoms with Gasteiger partial charge in [0.15, 0.2) is 0 Å². The standard InChI is InChI=1S/C17H25N3O/c1-6-20-14(4)17(13(3)19-20)12(2)18-11-15-9-7-8-10-16(15)21-5/h7-10,12,18H,6,11H2,1-5H3. The van der Waals surface area contributed by atoms with Crippen molar-refractivity contribution in [3.8, 4) is 5.75 Å². The van der Waals surface area contributed by atoms with E-state index in [1.54, 1.807) is 7.11 Å². The van der Waals surface area contributed by atoms with E-state index >= 15 is 0 Å². The van der Waals surface area contributed by atoms with Gasteiger partial charge in [-0.25, -0.2) is 0 Å². The molecule has 0 amide bonds. The lowest BCUT2D eigenvalue weighted by atomic mass is 10.1. The van der Waals surface area contributed by atoms with Gasteiger partial charge in [-0.05, 0) is 33.8 Å². The van der Waals surface area contributed by atoms with Gasteiger partial charge in [-0.3, -0.25) is 4.68 Å². The molecule has 1 aromatic heterocycles. The van der Waals surface area contributed by atoms with Crippen molar-refractivity contribution in [1.82, 2.24) is 15.1 Å². The highest BCUT2D eigenvalue weighted by Gasteiger charge is 2.16. The van der Waals surface area contributed by atoms with Gasteiger partial charge in [0.05, 0.1) is 12.8 Å². The highest BCUT2D eigenvalue weighted by molar-refractivity contribution is 5.33. The number of ether oxygens (including phenoxy) is 1. The smallest absolute Gasteiger partial charge is 0.123 e. The lowest BCUT2D eigenvalue weighted by Gasteiger charge is -2.16. The number of aromatic nitrogens is 2. The Balaban J connectivity index is 2.12. The van der Waals surface area contributed by atoms with E-state index in [2.05, 4.69) is 48.9 Å². The van der Waals surface area contributed by atoms with Crippen LogP contribution in [0.1, 0.15) is 42.4 Å². The zero-order valence-electron chi connectivity index (χ0n) is 13.6. The first-order chi connectivity index (χ1) is 10.1. The summed E-state index contributed by atoms with van der Waals surface area (Å²) in [4.78, 5) is 0. The van der Waals surface area contributed by atoms with E-state index in [9.17, 15) is 0 Å². The number of para-hydroxylation sites is 1. The maximum atomic E-state index is 5.40. The summed E-state index contributed by atoms with van der Waals surface area (Å²) >= 11 is 0. The van der Waals surface area contributed by atoms with E-state index in [4.69, 9.17) is 4.74 Å². The highest BCUT2D eigenvalue weighted by atomic mass is 16.5. The second-order valence-electron chi connectivity index (χ2n) is 5.31. The van der Waals surface area contributed by atoms with Crippen molar-refractivity contribution < 1.29 is 4.74 Å². The average Bonchev–Trinajstić information content (AvgIpc) is 2.79. The molecule has 4 heteroatoms. The Kier molecular flexibility index (Phi) is 5.02. The molecule has 1 atom stereocenters. The molecule has 1 N–H and O–H groups in total. The van der Waals surface area contributed by atoms with Gasteiger partial charge < -0.3 is 10.1 Å². The fourth-order valence-corrected chi connectivity index (χ4v) is 2.86. The van der Waals surface area contributed by atoms with Crippen molar-refractivity contribution in [1.29, 1.82) is 0 Å². The summed E-state index contributed by atoms with van der Waals surface area (Å²) in [7, 11) is 1.71. The maximum Gasteiger partial charge on any atom is 0.123 e. The second-order valence-corrected chi connectivity index (χ2v) is 5.31. The van der Waals surface area contributed by atoms with Gasteiger partial charge in [-0.15, -0.1) is 0 Å². The summed E-state index contributed by atoms with van der Waals surface area (Å²) in [6.07, 6.45) is 0. The minimum atomic E-state index is 0.259. The van der Waals surface area contributed by atoms with Crippen molar-refractivity contribution in [2.24, 2.45) is 0 Å². The van der Waals surface area contributed by atoms with Crippen molar-refractivity contribution >= 4 is 0 Å². The molecule has 0 aliphatic carbocycles. The van der Waals surface area contributed by atoms with E-state index in [1.165, 1.54) is 16.8 Å². The molecular weight excluding hydrogens is 262 g/mol. The van der Waals surface area contributed by atoms with Gasteiger partial charge in [0.1, 0.15) is 5.75 Å². The zero-order valence-corrected chi connectivity index (χ0v) is 13.6. The maximum absolute atomic E-state index is 5.40. The molecular formula is C17H25N3O. The molecule has 2 aromatic rings. The molecule has 0 bridgehead atoms. The molecule has 0 fully saturated rings. The SMILES string of the molecule is CCn1nc(C)c(C(C)NCc2ccccc2OC)c1C. The Morgan fingerprint density at radius 3 is 2.62 bits per heavy atom.